The first-order valence-electron chi connectivity index (χ1n) is 5.47. The average Bonchev–Trinajstić information content (AvgIpc) is 2.59. The largest absolute Gasteiger partial charge is 0.476 e. The maximum absolute atomic E-state index is 10.9. The first-order chi connectivity index (χ1) is 8.40. The molecular formula is C13H13BrN2O2. The highest BCUT2D eigenvalue weighted by molar-refractivity contribution is 9.10. The van der Waals surface area contributed by atoms with Gasteiger partial charge in [-0.05, 0) is 60.0 Å². The van der Waals surface area contributed by atoms with Crippen LogP contribution in [0.3, 0.4) is 0 Å². The number of hydrogen-bond acceptors (Lipinski definition) is 2. The number of aromatic nitrogens is 2. The lowest BCUT2D eigenvalue weighted by atomic mass is 10.1. The maximum atomic E-state index is 10.9. The second-order valence-corrected chi connectivity index (χ2v) is 5.15. The molecule has 0 saturated heterocycles. The fraction of sp³-hybridized carbons (Fsp3) is 0.231. The van der Waals surface area contributed by atoms with Crippen LogP contribution in [0, 0.1) is 20.8 Å². The number of nitrogens with zero attached hydrogens (tertiary/aromatic N) is 2. The van der Waals surface area contributed by atoms with Gasteiger partial charge in [-0.1, -0.05) is 6.07 Å². The Morgan fingerprint density at radius 1 is 1.28 bits per heavy atom. The number of aromatic carboxylic acids is 1. The third kappa shape index (κ3) is 2.18. The number of carboxylic acids is 1. The van der Waals surface area contributed by atoms with Gasteiger partial charge in [0.1, 0.15) is 0 Å². The van der Waals surface area contributed by atoms with Crippen LogP contribution in [0.4, 0.5) is 0 Å². The summed E-state index contributed by atoms with van der Waals surface area (Å²) in [6, 6.07) is 5.60. The van der Waals surface area contributed by atoms with Gasteiger partial charge in [-0.15, -0.1) is 0 Å². The van der Waals surface area contributed by atoms with E-state index in [0.717, 1.165) is 27.0 Å². The molecule has 0 aliphatic rings. The molecule has 1 heterocycles. The number of halogens is 1. The standard InChI is InChI=1S/C13H13BrN2O2/c1-7-4-8(2)12(10(14)5-7)16-9(3)6-11(15-16)13(17)18/h4-6H,1-3H3,(H,17,18). The van der Waals surface area contributed by atoms with Gasteiger partial charge in [0, 0.05) is 10.2 Å². The molecule has 0 fully saturated rings. The maximum Gasteiger partial charge on any atom is 0.356 e. The molecule has 18 heavy (non-hydrogen) atoms. The minimum atomic E-state index is -1.02. The van der Waals surface area contributed by atoms with Crippen molar-refractivity contribution in [1.82, 2.24) is 9.78 Å². The van der Waals surface area contributed by atoms with Gasteiger partial charge in [-0.3, -0.25) is 0 Å². The molecule has 0 amide bonds. The summed E-state index contributed by atoms with van der Waals surface area (Å²) >= 11 is 3.51. The Kier molecular flexibility index (Phi) is 3.26. The molecule has 2 rings (SSSR count). The normalized spacial score (nSPS) is 10.7. The summed E-state index contributed by atoms with van der Waals surface area (Å²) in [6.45, 7) is 5.83. The van der Waals surface area contributed by atoms with Crippen LogP contribution in [0.2, 0.25) is 0 Å². The van der Waals surface area contributed by atoms with E-state index in [1.807, 2.05) is 32.9 Å². The molecule has 0 spiro atoms. The van der Waals surface area contributed by atoms with Crippen LogP contribution in [0.25, 0.3) is 5.69 Å². The first kappa shape index (κ1) is 12.8. The molecule has 94 valence electrons. The molecule has 0 atom stereocenters. The number of rotatable bonds is 2. The fourth-order valence-corrected chi connectivity index (χ4v) is 2.82. The molecular weight excluding hydrogens is 296 g/mol. The lowest BCUT2D eigenvalue weighted by Crippen LogP contribution is -2.05. The second kappa shape index (κ2) is 4.57. The van der Waals surface area contributed by atoms with E-state index >= 15 is 0 Å². The van der Waals surface area contributed by atoms with Crippen molar-refractivity contribution in [3.05, 3.63) is 45.2 Å². The van der Waals surface area contributed by atoms with Crippen LogP contribution >= 0.6 is 15.9 Å². The monoisotopic (exact) mass is 308 g/mol. The van der Waals surface area contributed by atoms with Crippen molar-refractivity contribution in [2.24, 2.45) is 0 Å². The highest BCUT2D eigenvalue weighted by atomic mass is 79.9. The predicted molar refractivity (Wildman–Crippen MR) is 72.4 cm³/mol. The summed E-state index contributed by atoms with van der Waals surface area (Å²) in [6.07, 6.45) is 0. The van der Waals surface area contributed by atoms with Crippen molar-refractivity contribution in [2.75, 3.05) is 0 Å². The van der Waals surface area contributed by atoms with Crippen molar-refractivity contribution in [1.29, 1.82) is 0 Å². The van der Waals surface area contributed by atoms with Gasteiger partial charge >= 0.3 is 5.97 Å². The number of carbonyl (C=O) groups is 1. The number of aryl methyl sites for hydroxylation is 3. The van der Waals surface area contributed by atoms with E-state index in [0.29, 0.717) is 0 Å². The quantitative estimate of drug-likeness (QED) is 0.926. The SMILES string of the molecule is Cc1cc(C)c(-n2nc(C(=O)O)cc2C)c(Br)c1. The average molecular weight is 309 g/mol. The molecule has 2 aromatic rings. The number of carboxylic acid groups (broad SMARTS) is 1. The topological polar surface area (TPSA) is 55.1 Å². The zero-order valence-electron chi connectivity index (χ0n) is 10.4. The lowest BCUT2D eigenvalue weighted by Gasteiger charge is -2.11. The van der Waals surface area contributed by atoms with Gasteiger partial charge in [0.15, 0.2) is 5.69 Å². The van der Waals surface area contributed by atoms with Crippen LogP contribution in [0.15, 0.2) is 22.7 Å². The third-order valence-electron chi connectivity index (χ3n) is 2.72. The molecule has 0 radical (unpaired) electrons. The molecule has 0 unspecified atom stereocenters. The number of hydrogen-bond donors (Lipinski definition) is 1. The van der Waals surface area contributed by atoms with Crippen molar-refractivity contribution in [2.45, 2.75) is 20.8 Å². The predicted octanol–water partition coefficient (Wildman–Crippen LogP) is 3.26. The van der Waals surface area contributed by atoms with E-state index < -0.39 is 5.97 Å². The molecule has 5 heteroatoms. The number of benzene rings is 1. The van der Waals surface area contributed by atoms with Crippen molar-refractivity contribution >= 4 is 21.9 Å². The van der Waals surface area contributed by atoms with E-state index in [4.69, 9.17) is 5.11 Å². The van der Waals surface area contributed by atoms with Crippen molar-refractivity contribution in [3.8, 4) is 5.69 Å². The lowest BCUT2D eigenvalue weighted by molar-refractivity contribution is 0.0690. The van der Waals surface area contributed by atoms with Crippen molar-refractivity contribution in [3.63, 3.8) is 0 Å². The smallest absolute Gasteiger partial charge is 0.356 e. The van der Waals surface area contributed by atoms with E-state index in [2.05, 4.69) is 21.0 Å². The fourth-order valence-electron chi connectivity index (χ4n) is 1.98. The molecule has 1 N–H and O–H groups in total. The molecule has 0 saturated carbocycles. The third-order valence-corrected chi connectivity index (χ3v) is 3.32. The molecule has 0 aliphatic heterocycles. The Labute approximate surface area is 113 Å². The highest BCUT2D eigenvalue weighted by Gasteiger charge is 2.15. The molecule has 1 aromatic carbocycles. The van der Waals surface area contributed by atoms with E-state index in [9.17, 15) is 4.79 Å². The summed E-state index contributed by atoms with van der Waals surface area (Å²) in [5.74, 6) is -1.02. The Morgan fingerprint density at radius 2 is 1.94 bits per heavy atom. The van der Waals surface area contributed by atoms with Gasteiger partial charge in [0.05, 0.1) is 5.69 Å². The summed E-state index contributed by atoms with van der Waals surface area (Å²) in [5.41, 5.74) is 3.92. The van der Waals surface area contributed by atoms with Gasteiger partial charge in [-0.2, -0.15) is 5.10 Å². The second-order valence-electron chi connectivity index (χ2n) is 4.30. The summed E-state index contributed by atoms with van der Waals surface area (Å²) in [4.78, 5) is 10.9. The Bertz CT molecular complexity index is 609. The van der Waals surface area contributed by atoms with E-state index in [-0.39, 0.29) is 5.69 Å². The zero-order chi connectivity index (χ0) is 13.4. The van der Waals surface area contributed by atoms with Crippen molar-refractivity contribution < 1.29 is 9.90 Å². The van der Waals surface area contributed by atoms with Crippen LogP contribution in [0.5, 0.6) is 0 Å². The van der Waals surface area contributed by atoms with E-state index in [1.165, 1.54) is 0 Å². The Morgan fingerprint density at radius 3 is 2.44 bits per heavy atom. The van der Waals surface area contributed by atoms with Crippen LogP contribution < -0.4 is 0 Å². The van der Waals surface area contributed by atoms with Gasteiger partial charge in [0.25, 0.3) is 0 Å². The summed E-state index contributed by atoms with van der Waals surface area (Å²) < 4.78 is 2.56. The molecule has 0 aliphatic carbocycles. The minimum Gasteiger partial charge on any atom is -0.476 e. The molecule has 1 aromatic heterocycles. The molecule has 0 bridgehead atoms. The minimum absolute atomic E-state index is 0.0550. The first-order valence-corrected chi connectivity index (χ1v) is 6.26. The molecule has 4 nitrogen and oxygen atoms in total. The van der Waals surface area contributed by atoms with Gasteiger partial charge in [0.2, 0.25) is 0 Å². The summed E-state index contributed by atoms with van der Waals surface area (Å²) in [7, 11) is 0. The van der Waals surface area contributed by atoms with E-state index in [1.54, 1.807) is 10.7 Å². The van der Waals surface area contributed by atoms with Crippen LogP contribution in [-0.2, 0) is 0 Å². The summed E-state index contributed by atoms with van der Waals surface area (Å²) in [5, 5.41) is 13.1. The Balaban J connectivity index is 2.66. The Hall–Kier alpha value is -1.62. The van der Waals surface area contributed by atoms with Gasteiger partial charge < -0.3 is 5.11 Å². The van der Waals surface area contributed by atoms with Crippen LogP contribution in [-0.4, -0.2) is 20.9 Å². The highest BCUT2D eigenvalue weighted by Crippen LogP contribution is 2.27. The van der Waals surface area contributed by atoms with Gasteiger partial charge in [-0.25, -0.2) is 9.48 Å². The zero-order valence-corrected chi connectivity index (χ0v) is 11.9. The van der Waals surface area contributed by atoms with Crippen LogP contribution in [0.1, 0.15) is 27.3 Å².